The fraction of sp³-hybridized carbons (Fsp3) is 0.238. The zero-order valence-corrected chi connectivity index (χ0v) is 19.2. The van der Waals surface area contributed by atoms with Gasteiger partial charge in [-0.25, -0.2) is 4.98 Å². The number of hydrogen-bond donors (Lipinski definition) is 2. The summed E-state index contributed by atoms with van der Waals surface area (Å²) in [5, 5.41) is 18.4. The molecule has 5 N–H and O–H groups in total. The third kappa shape index (κ3) is 5.13. The van der Waals surface area contributed by atoms with Crippen molar-refractivity contribution in [1.82, 2.24) is 14.3 Å². The van der Waals surface area contributed by atoms with Crippen LogP contribution in [0.25, 0.3) is 16.9 Å². The van der Waals surface area contributed by atoms with Crippen molar-refractivity contribution in [2.24, 2.45) is 11.7 Å². The van der Waals surface area contributed by atoms with E-state index >= 15 is 0 Å². The predicted molar refractivity (Wildman–Crippen MR) is 109 cm³/mol. The van der Waals surface area contributed by atoms with Gasteiger partial charge in [0, 0.05) is 54.1 Å². The maximum atomic E-state index is 12.8. The van der Waals surface area contributed by atoms with Gasteiger partial charge in [-0.1, -0.05) is 24.3 Å². The molecule has 31 heavy (non-hydrogen) atoms. The van der Waals surface area contributed by atoms with Crippen LogP contribution in [0.15, 0.2) is 48.8 Å². The first-order valence-electron chi connectivity index (χ1n) is 9.36. The summed E-state index contributed by atoms with van der Waals surface area (Å²) in [7, 11) is 0. The zero-order valence-electron chi connectivity index (χ0n) is 17.2. The Morgan fingerprint density at radius 3 is 2.32 bits per heavy atom. The normalized spacial score (nSPS) is 13.9. The summed E-state index contributed by atoms with van der Waals surface area (Å²) in [6, 6.07) is 10.7. The van der Waals surface area contributed by atoms with Gasteiger partial charge in [-0.05, 0) is 25.0 Å². The number of piperidine rings is 1. The van der Waals surface area contributed by atoms with Crippen molar-refractivity contribution in [2.45, 2.75) is 12.8 Å². The fourth-order valence-electron chi connectivity index (χ4n) is 3.58. The first kappa shape index (κ1) is 24.5. The summed E-state index contributed by atoms with van der Waals surface area (Å²) in [6.07, 6.45) is 4.49. The third-order valence-corrected chi connectivity index (χ3v) is 5.31. The van der Waals surface area contributed by atoms with Crippen LogP contribution in [-0.2, 0) is 4.79 Å². The van der Waals surface area contributed by atoms with Crippen LogP contribution in [0.2, 0.25) is 0 Å². The van der Waals surface area contributed by atoms with Gasteiger partial charge in [0.1, 0.15) is 11.5 Å². The molecular formula is C21H22N5NaO4. The fourth-order valence-corrected chi connectivity index (χ4v) is 3.58. The number of nitrogen functional groups attached to an aromatic ring is 1. The molecule has 1 aliphatic heterocycles. The van der Waals surface area contributed by atoms with Crippen molar-refractivity contribution < 1.29 is 49.7 Å². The van der Waals surface area contributed by atoms with Crippen molar-refractivity contribution in [2.75, 3.05) is 13.1 Å². The van der Waals surface area contributed by atoms with Crippen molar-refractivity contribution in [3.8, 4) is 11.3 Å². The van der Waals surface area contributed by atoms with Gasteiger partial charge in [-0.3, -0.25) is 10.2 Å². The summed E-state index contributed by atoms with van der Waals surface area (Å²) in [5.74, 6) is -1.64. The zero-order chi connectivity index (χ0) is 20.5. The third-order valence-electron chi connectivity index (χ3n) is 5.31. The summed E-state index contributed by atoms with van der Waals surface area (Å²) < 4.78 is 1.84. The number of fused-ring (bicyclic) bond motifs is 1. The first-order chi connectivity index (χ1) is 13.9. The topological polar surface area (TPSA) is 159 Å². The number of aliphatic carboxylic acids is 1. The Labute approximate surface area is 201 Å². The molecule has 0 atom stereocenters. The number of nitrogens with zero attached hydrogens (tertiary/aromatic N) is 3. The van der Waals surface area contributed by atoms with E-state index in [4.69, 9.17) is 11.1 Å². The summed E-state index contributed by atoms with van der Waals surface area (Å²) in [6.45, 7) is 0.815. The Hall–Kier alpha value is -2.72. The Morgan fingerprint density at radius 1 is 1.10 bits per heavy atom. The molecule has 0 saturated carbocycles. The van der Waals surface area contributed by atoms with Crippen LogP contribution in [0.4, 0.5) is 0 Å². The Bertz CT molecular complexity index is 1100. The maximum absolute atomic E-state index is 12.8. The van der Waals surface area contributed by atoms with Crippen molar-refractivity contribution >= 4 is 23.4 Å². The molecule has 0 unspecified atom stereocenters. The van der Waals surface area contributed by atoms with Crippen LogP contribution in [0, 0.1) is 11.3 Å². The summed E-state index contributed by atoms with van der Waals surface area (Å²) in [4.78, 5) is 30.0. The van der Waals surface area contributed by atoms with Gasteiger partial charge in [0.25, 0.3) is 5.91 Å². The summed E-state index contributed by atoms with van der Waals surface area (Å²) in [5.41, 5.74) is 8.94. The van der Waals surface area contributed by atoms with E-state index < -0.39 is 11.9 Å². The van der Waals surface area contributed by atoms with E-state index in [0.717, 1.165) is 11.3 Å². The number of carbonyl (C=O) groups is 2. The summed E-state index contributed by atoms with van der Waals surface area (Å²) >= 11 is 0. The number of carboxylic acids is 1. The second-order valence-electron chi connectivity index (χ2n) is 7.18. The van der Waals surface area contributed by atoms with Crippen LogP contribution in [0.3, 0.4) is 0 Å². The molecule has 0 spiro atoms. The number of hydrogen-bond acceptors (Lipinski definition) is 5. The van der Waals surface area contributed by atoms with E-state index in [2.05, 4.69) is 4.98 Å². The van der Waals surface area contributed by atoms with Gasteiger partial charge in [0.15, 0.2) is 0 Å². The monoisotopic (exact) mass is 431 g/mol. The SMILES string of the molecule is N=C(N)c1ccc(-c2cn3ccc(C(=O)N4CCC(C(=O)[O-])CC4)cc3n2)cc1.O.[Na+]. The van der Waals surface area contributed by atoms with E-state index in [9.17, 15) is 14.7 Å². The molecule has 156 valence electrons. The van der Waals surface area contributed by atoms with Crippen molar-refractivity contribution in [3.63, 3.8) is 0 Å². The molecule has 0 radical (unpaired) electrons. The minimum absolute atomic E-state index is 0. The largest absolute Gasteiger partial charge is 1.00 e. The molecule has 0 aliphatic carbocycles. The maximum Gasteiger partial charge on any atom is 1.00 e. The van der Waals surface area contributed by atoms with E-state index in [0.29, 0.717) is 42.7 Å². The number of nitrogens with one attached hydrogen (secondary N) is 1. The Balaban J connectivity index is 0.00000171. The number of carboxylic acid groups (broad SMARTS) is 1. The molecule has 0 bridgehead atoms. The number of amides is 1. The van der Waals surface area contributed by atoms with Crippen LogP contribution in [0.5, 0.6) is 0 Å². The van der Waals surface area contributed by atoms with Crippen molar-refractivity contribution in [1.29, 1.82) is 5.41 Å². The molecular weight excluding hydrogens is 409 g/mol. The number of benzene rings is 1. The van der Waals surface area contributed by atoms with E-state index in [-0.39, 0.29) is 46.8 Å². The molecule has 1 amide bonds. The standard InChI is InChI=1S/C21H21N5O3.Na.H2O/c22-19(23)14-3-1-13(2-4-14)17-12-26-10-7-16(11-18(26)24-17)20(27)25-8-5-15(6-9-25)21(28)29;;/h1-4,7,10-12,15H,5-6,8-9H2,(H3,22,23)(H,28,29);;1H2/q;+1;/p-1. The minimum Gasteiger partial charge on any atom is -0.550 e. The molecule has 2 aromatic heterocycles. The quantitative estimate of drug-likeness (QED) is 0.257. The van der Waals surface area contributed by atoms with Gasteiger partial charge in [-0.2, -0.15) is 0 Å². The van der Waals surface area contributed by atoms with Gasteiger partial charge >= 0.3 is 29.6 Å². The number of pyridine rings is 1. The molecule has 3 aromatic rings. The van der Waals surface area contributed by atoms with E-state index in [1.165, 1.54) is 0 Å². The Kier molecular flexibility index (Phi) is 7.96. The number of carbonyl (C=O) groups excluding carboxylic acids is 2. The first-order valence-corrected chi connectivity index (χ1v) is 9.36. The Morgan fingerprint density at radius 2 is 1.74 bits per heavy atom. The molecule has 10 heteroatoms. The number of likely N-dealkylation sites (tertiary alicyclic amines) is 1. The van der Waals surface area contributed by atoms with Crippen LogP contribution < -0.4 is 40.4 Å². The van der Waals surface area contributed by atoms with E-state index in [1.807, 2.05) is 22.7 Å². The van der Waals surface area contributed by atoms with Gasteiger partial charge < -0.3 is 30.4 Å². The number of rotatable bonds is 4. The molecule has 1 aliphatic rings. The van der Waals surface area contributed by atoms with Crippen LogP contribution in [-0.4, -0.2) is 50.6 Å². The molecule has 4 rings (SSSR count). The predicted octanol–water partition coefficient (Wildman–Crippen LogP) is -2.93. The van der Waals surface area contributed by atoms with Crippen molar-refractivity contribution in [3.05, 3.63) is 59.9 Å². The molecule has 1 saturated heterocycles. The molecule has 1 aromatic carbocycles. The smallest absolute Gasteiger partial charge is 0.550 e. The van der Waals surface area contributed by atoms with Gasteiger partial charge in [0.05, 0.1) is 5.69 Å². The average molecular weight is 431 g/mol. The number of aromatic nitrogens is 2. The second-order valence-corrected chi connectivity index (χ2v) is 7.18. The van der Waals surface area contributed by atoms with E-state index in [1.54, 1.807) is 35.4 Å². The van der Waals surface area contributed by atoms with Gasteiger partial charge in [0.2, 0.25) is 0 Å². The molecule has 9 nitrogen and oxygen atoms in total. The van der Waals surface area contributed by atoms with Crippen LogP contribution in [0.1, 0.15) is 28.8 Å². The second kappa shape index (κ2) is 10.1. The van der Waals surface area contributed by atoms with Crippen LogP contribution >= 0.6 is 0 Å². The number of nitrogens with two attached hydrogens (primary N) is 1. The average Bonchev–Trinajstić information content (AvgIpc) is 3.16. The molecule has 1 fully saturated rings. The molecule has 3 heterocycles. The number of imidazole rings is 1. The minimum atomic E-state index is -1.04. The number of amidine groups is 1. The van der Waals surface area contributed by atoms with Gasteiger partial charge in [-0.15, -0.1) is 0 Å².